The number of fused-ring (bicyclic) bond motifs is 1. The molecule has 36 heavy (non-hydrogen) atoms. The molecular weight excluding hydrogens is 536 g/mol. The van der Waals surface area contributed by atoms with Crippen LogP contribution in [0.15, 0.2) is 52.3 Å². The van der Waals surface area contributed by atoms with Gasteiger partial charge in [0.25, 0.3) is 5.91 Å². The second-order valence-corrected chi connectivity index (χ2v) is 11.7. The Kier molecular flexibility index (Phi) is 11.7. The smallest absolute Gasteiger partial charge is 0.260 e. The number of rotatable bonds is 12. The summed E-state index contributed by atoms with van der Waals surface area (Å²) in [5.41, 5.74) is 1.34. The van der Waals surface area contributed by atoms with E-state index in [1.54, 1.807) is 28.8 Å². The number of anilines is 1. The molecule has 1 amide bonds. The van der Waals surface area contributed by atoms with E-state index in [2.05, 4.69) is 18.7 Å². The highest BCUT2D eigenvalue weighted by Crippen LogP contribution is 2.34. The fraction of sp³-hybridized carbons (Fsp3) is 0.440. The van der Waals surface area contributed by atoms with Gasteiger partial charge < -0.3 is 4.90 Å². The van der Waals surface area contributed by atoms with E-state index < -0.39 is 10.0 Å². The van der Waals surface area contributed by atoms with Crippen molar-refractivity contribution < 1.29 is 13.2 Å². The number of hydrogen-bond acceptors (Lipinski definition) is 7. The van der Waals surface area contributed by atoms with Gasteiger partial charge in [0, 0.05) is 36.6 Å². The Morgan fingerprint density at radius 1 is 0.944 bits per heavy atom. The van der Waals surface area contributed by atoms with Gasteiger partial charge in [0.05, 0.1) is 15.1 Å². The average Bonchev–Trinajstić information content (AvgIpc) is 3.31. The standard InChI is InChI=1S/C25H34N4O3S3.ClH/c1-6-27(7-2)17-18-29(25-26-23-21(33-5)11-10-12-22(23)34-25)24(30)19-13-15-20(16-14-19)35(31,32)28(8-3)9-4;/h10-16H,6-9,17-18H2,1-5H3;1H. The number of hydrogen-bond donors (Lipinski definition) is 0. The summed E-state index contributed by atoms with van der Waals surface area (Å²) in [5.74, 6) is -0.186. The molecule has 0 spiro atoms. The highest BCUT2D eigenvalue weighted by atomic mass is 35.5. The predicted octanol–water partition coefficient (Wildman–Crippen LogP) is 5.46. The highest BCUT2D eigenvalue weighted by molar-refractivity contribution is 7.98. The minimum absolute atomic E-state index is 0. The molecule has 1 heterocycles. The van der Waals surface area contributed by atoms with Gasteiger partial charge in [0.15, 0.2) is 5.13 Å². The quantitative estimate of drug-likeness (QED) is 0.269. The summed E-state index contributed by atoms with van der Waals surface area (Å²) in [7, 11) is -3.58. The van der Waals surface area contributed by atoms with Crippen LogP contribution in [-0.4, -0.2) is 74.0 Å². The zero-order chi connectivity index (χ0) is 25.6. The number of carbonyl (C=O) groups excluding carboxylic acids is 1. The van der Waals surface area contributed by atoms with Crippen LogP contribution in [0.2, 0.25) is 0 Å². The van der Waals surface area contributed by atoms with Crippen LogP contribution in [0, 0.1) is 0 Å². The summed E-state index contributed by atoms with van der Waals surface area (Å²) in [5, 5.41) is 0.651. The monoisotopic (exact) mass is 570 g/mol. The lowest BCUT2D eigenvalue weighted by Crippen LogP contribution is -2.39. The molecule has 0 radical (unpaired) electrons. The average molecular weight is 571 g/mol. The molecule has 0 aliphatic rings. The van der Waals surface area contributed by atoms with Crippen LogP contribution in [0.3, 0.4) is 0 Å². The molecule has 3 aromatic rings. The Labute approximate surface area is 229 Å². The van der Waals surface area contributed by atoms with Gasteiger partial charge in [-0.3, -0.25) is 9.69 Å². The number of aromatic nitrogens is 1. The van der Waals surface area contributed by atoms with E-state index >= 15 is 0 Å². The largest absolute Gasteiger partial charge is 0.302 e. The van der Waals surface area contributed by atoms with E-state index in [1.165, 1.54) is 27.8 Å². The van der Waals surface area contributed by atoms with Crippen molar-refractivity contribution in [3.8, 4) is 0 Å². The van der Waals surface area contributed by atoms with Crippen LogP contribution in [-0.2, 0) is 10.0 Å². The van der Waals surface area contributed by atoms with E-state index in [0.717, 1.165) is 34.7 Å². The molecular formula is C25H35ClN4O3S3. The Balaban J connectivity index is 0.00000456. The number of likely N-dealkylation sites (N-methyl/N-ethyl adjacent to an activating group) is 1. The number of sulfonamides is 1. The van der Waals surface area contributed by atoms with Crippen LogP contribution >= 0.6 is 35.5 Å². The minimum Gasteiger partial charge on any atom is -0.302 e. The van der Waals surface area contributed by atoms with Gasteiger partial charge in [0.1, 0.15) is 0 Å². The normalized spacial score (nSPS) is 11.8. The van der Waals surface area contributed by atoms with Gasteiger partial charge >= 0.3 is 0 Å². The van der Waals surface area contributed by atoms with Crippen molar-refractivity contribution in [2.45, 2.75) is 37.5 Å². The second-order valence-electron chi connectivity index (χ2n) is 7.90. The first-order valence-electron chi connectivity index (χ1n) is 11.9. The lowest BCUT2D eigenvalue weighted by molar-refractivity contribution is 0.0983. The van der Waals surface area contributed by atoms with E-state index in [0.29, 0.717) is 30.3 Å². The van der Waals surface area contributed by atoms with Crippen LogP contribution in [0.1, 0.15) is 38.1 Å². The maximum Gasteiger partial charge on any atom is 0.260 e. The van der Waals surface area contributed by atoms with Crippen LogP contribution < -0.4 is 4.90 Å². The van der Waals surface area contributed by atoms with Gasteiger partial charge in [-0.15, -0.1) is 24.2 Å². The van der Waals surface area contributed by atoms with Crippen molar-refractivity contribution in [3.63, 3.8) is 0 Å². The van der Waals surface area contributed by atoms with Crippen molar-refractivity contribution in [3.05, 3.63) is 48.0 Å². The Hall–Kier alpha value is -1.69. The van der Waals surface area contributed by atoms with E-state index in [-0.39, 0.29) is 23.2 Å². The third-order valence-corrected chi connectivity index (χ3v) is 9.92. The third-order valence-electron chi connectivity index (χ3n) is 6.05. The fourth-order valence-corrected chi connectivity index (χ4v) is 7.00. The first-order valence-corrected chi connectivity index (χ1v) is 15.4. The zero-order valence-electron chi connectivity index (χ0n) is 21.4. The van der Waals surface area contributed by atoms with Gasteiger partial charge in [0.2, 0.25) is 10.0 Å². The van der Waals surface area contributed by atoms with E-state index in [4.69, 9.17) is 4.98 Å². The number of benzene rings is 2. The number of para-hydroxylation sites is 1. The molecule has 0 N–H and O–H groups in total. The molecule has 0 unspecified atom stereocenters. The summed E-state index contributed by atoms with van der Waals surface area (Å²) in [6, 6.07) is 12.3. The predicted molar refractivity (Wildman–Crippen MR) is 155 cm³/mol. The van der Waals surface area contributed by atoms with Gasteiger partial charge in [-0.1, -0.05) is 45.1 Å². The second kappa shape index (κ2) is 13.7. The molecule has 0 fully saturated rings. The number of carbonyl (C=O) groups is 1. The first kappa shape index (κ1) is 30.5. The molecule has 7 nitrogen and oxygen atoms in total. The molecule has 0 saturated heterocycles. The molecule has 0 atom stereocenters. The molecule has 2 aromatic carbocycles. The Morgan fingerprint density at radius 2 is 1.58 bits per heavy atom. The molecule has 0 bridgehead atoms. The molecule has 0 saturated carbocycles. The number of nitrogens with zero attached hydrogens (tertiary/aromatic N) is 4. The number of amides is 1. The van der Waals surface area contributed by atoms with Crippen molar-refractivity contribution in [1.29, 1.82) is 0 Å². The van der Waals surface area contributed by atoms with Gasteiger partial charge in [-0.05, 0) is 55.7 Å². The Bertz CT molecular complexity index is 1240. The Morgan fingerprint density at radius 3 is 2.14 bits per heavy atom. The number of thiazole rings is 1. The third kappa shape index (κ3) is 6.59. The topological polar surface area (TPSA) is 73.8 Å². The molecule has 198 valence electrons. The van der Waals surface area contributed by atoms with Crippen molar-refractivity contribution >= 4 is 66.8 Å². The van der Waals surface area contributed by atoms with E-state index in [1.807, 2.05) is 38.3 Å². The van der Waals surface area contributed by atoms with Crippen LogP contribution in [0.4, 0.5) is 5.13 Å². The minimum atomic E-state index is -3.58. The summed E-state index contributed by atoms with van der Waals surface area (Å²) >= 11 is 3.14. The van der Waals surface area contributed by atoms with Crippen LogP contribution in [0.5, 0.6) is 0 Å². The molecule has 11 heteroatoms. The van der Waals surface area contributed by atoms with E-state index in [9.17, 15) is 13.2 Å². The summed E-state index contributed by atoms with van der Waals surface area (Å²) in [6.45, 7) is 11.6. The summed E-state index contributed by atoms with van der Waals surface area (Å²) in [4.78, 5) is 23.8. The zero-order valence-corrected chi connectivity index (χ0v) is 24.7. The number of halogens is 1. The maximum absolute atomic E-state index is 13.7. The van der Waals surface area contributed by atoms with Gasteiger partial charge in [-0.2, -0.15) is 4.31 Å². The highest BCUT2D eigenvalue weighted by Gasteiger charge is 2.25. The molecule has 3 rings (SSSR count). The van der Waals surface area contributed by atoms with Gasteiger partial charge in [-0.25, -0.2) is 13.4 Å². The van der Waals surface area contributed by atoms with Crippen molar-refractivity contribution in [1.82, 2.24) is 14.2 Å². The molecule has 0 aliphatic carbocycles. The summed E-state index contributed by atoms with van der Waals surface area (Å²) in [6.07, 6.45) is 2.02. The number of thioether (sulfide) groups is 1. The maximum atomic E-state index is 13.7. The lowest BCUT2D eigenvalue weighted by atomic mass is 10.2. The first-order chi connectivity index (χ1) is 16.8. The summed E-state index contributed by atoms with van der Waals surface area (Å²) < 4.78 is 28.1. The van der Waals surface area contributed by atoms with Crippen molar-refractivity contribution in [2.75, 3.05) is 50.4 Å². The van der Waals surface area contributed by atoms with Crippen LogP contribution in [0.25, 0.3) is 10.2 Å². The molecule has 0 aliphatic heterocycles. The fourth-order valence-electron chi connectivity index (χ4n) is 3.89. The lowest BCUT2D eigenvalue weighted by Gasteiger charge is -2.25. The van der Waals surface area contributed by atoms with Crippen molar-refractivity contribution in [2.24, 2.45) is 0 Å². The molecule has 1 aromatic heterocycles. The SMILES string of the molecule is CCN(CC)CCN(C(=O)c1ccc(S(=O)(=O)N(CC)CC)cc1)c1nc2c(SC)cccc2s1.Cl.